The summed E-state index contributed by atoms with van der Waals surface area (Å²) in [5.74, 6) is 6.35. The van der Waals surface area contributed by atoms with Gasteiger partial charge in [-0.15, -0.1) is 0 Å². The molecule has 1 aromatic heterocycles. The number of benzene rings is 2. The molecule has 0 bridgehead atoms. The minimum Gasteiger partial charge on any atom is -0.365 e. The van der Waals surface area contributed by atoms with E-state index in [0.29, 0.717) is 22.5 Å². The maximum Gasteiger partial charge on any atom is 0.416 e. The van der Waals surface area contributed by atoms with E-state index in [1.165, 1.54) is 36.5 Å². The molecule has 0 aliphatic heterocycles. The van der Waals surface area contributed by atoms with Crippen LogP contribution in [0, 0.1) is 11.8 Å². The summed E-state index contributed by atoms with van der Waals surface area (Å²) < 4.78 is 62.5. The molecule has 0 radical (unpaired) electrons. The minimum atomic E-state index is -4.38. The van der Waals surface area contributed by atoms with Gasteiger partial charge in [0.25, 0.3) is 0 Å². The average Bonchev–Trinajstić information content (AvgIpc) is 3.03. The van der Waals surface area contributed by atoms with Gasteiger partial charge in [0.2, 0.25) is 10.0 Å². The molecule has 10 heteroatoms. The Morgan fingerprint density at radius 3 is 2.47 bits per heavy atom. The van der Waals surface area contributed by atoms with E-state index in [4.69, 9.17) is 5.14 Å². The third-order valence-electron chi connectivity index (χ3n) is 4.18. The van der Waals surface area contributed by atoms with Gasteiger partial charge in [0.05, 0.1) is 22.2 Å². The number of rotatable bonds is 4. The number of aryl methyl sites for hydroxylation is 1. The molecule has 0 saturated carbocycles. The highest BCUT2D eigenvalue weighted by atomic mass is 32.2. The summed E-state index contributed by atoms with van der Waals surface area (Å²) in [5, 5.41) is 12.4. The lowest BCUT2D eigenvalue weighted by Gasteiger charge is -2.10. The lowest BCUT2D eigenvalue weighted by atomic mass is 10.1. The lowest BCUT2D eigenvalue weighted by molar-refractivity contribution is -0.137. The van der Waals surface area contributed by atoms with Crippen molar-refractivity contribution in [3.05, 3.63) is 77.0 Å². The fourth-order valence-electron chi connectivity index (χ4n) is 2.63. The van der Waals surface area contributed by atoms with Gasteiger partial charge in [-0.25, -0.2) is 13.6 Å². The fraction of sp³-hybridized carbons (Fsp3) is 0.150. The molecule has 3 N–H and O–H groups in total. The second kappa shape index (κ2) is 8.22. The Hall–Kier alpha value is -3.29. The van der Waals surface area contributed by atoms with Gasteiger partial charge in [0.1, 0.15) is 5.82 Å². The number of halogens is 3. The Labute approximate surface area is 171 Å². The van der Waals surface area contributed by atoms with Crippen LogP contribution in [0.2, 0.25) is 0 Å². The molecule has 0 aliphatic rings. The van der Waals surface area contributed by atoms with Crippen LogP contribution in [-0.4, -0.2) is 18.2 Å². The molecule has 0 saturated heterocycles. The second-order valence-corrected chi connectivity index (χ2v) is 7.96. The Morgan fingerprint density at radius 1 is 1.13 bits per heavy atom. The predicted molar refractivity (Wildman–Crippen MR) is 106 cm³/mol. The van der Waals surface area contributed by atoms with Crippen molar-refractivity contribution < 1.29 is 21.6 Å². The van der Waals surface area contributed by atoms with Gasteiger partial charge >= 0.3 is 6.18 Å². The van der Waals surface area contributed by atoms with Crippen LogP contribution in [0.3, 0.4) is 0 Å². The van der Waals surface area contributed by atoms with Gasteiger partial charge in [0.15, 0.2) is 0 Å². The standard InChI is InChI=1S/C20H17F3N4O2S/c1-27-19(25-12-15-6-9-17(10-7-15)20(21,22)23)16(13-26-27)8-5-14-3-2-4-18(11-14)30(24,28)29/h2-4,6-7,9-11,13,25H,12H2,1H3,(H2,24,28,29). The summed E-state index contributed by atoms with van der Waals surface area (Å²) in [4.78, 5) is -0.0406. The molecule has 1 heterocycles. The van der Waals surface area contributed by atoms with Crippen molar-refractivity contribution >= 4 is 15.8 Å². The summed E-state index contributed by atoms with van der Waals surface area (Å²) in [6, 6.07) is 10.8. The third kappa shape index (κ3) is 5.20. The van der Waals surface area contributed by atoms with Crippen LogP contribution in [0.5, 0.6) is 0 Å². The van der Waals surface area contributed by atoms with Crippen molar-refractivity contribution in [1.29, 1.82) is 0 Å². The molecule has 0 atom stereocenters. The van der Waals surface area contributed by atoms with Crippen LogP contribution < -0.4 is 10.5 Å². The van der Waals surface area contributed by atoms with E-state index >= 15 is 0 Å². The lowest BCUT2D eigenvalue weighted by Crippen LogP contribution is -2.11. The van der Waals surface area contributed by atoms with E-state index in [2.05, 4.69) is 22.3 Å². The van der Waals surface area contributed by atoms with Gasteiger partial charge in [-0.05, 0) is 35.9 Å². The third-order valence-corrected chi connectivity index (χ3v) is 5.10. The first-order valence-electron chi connectivity index (χ1n) is 8.61. The monoisotopic (exact) mass is 434 g/mol. The van der Waals surface area contributed by atoms with Crippen molar-refractivity contribution in [2.45, 2.75) is 17.6 Å². The van der Waals surface area contributed by atoms with Crippen molar-refractivity contribution in [2.75, 3.05) is 5.32 Å². The quantitative estimate of drug-likeness (QED) is 0.618. The van der Waals surface area contributed by atoms with Crippen LogP contribution in [0.4, 0.5) is 19.0 Å². The Balaban J connectivity index is 1.78. The van der Waals surface area contributed by atoms with Gasteiger partial charge in [0, 0.05) is 19.2 Å². The molecule has 0 spiro atoms. The summed E-state index contributed by atoms with van der Waals surface area (Å²) in [5.41, 5.74) is 0.952. The first kappa shape index (κ1) is 21.4. The molecule has 2 aromatic carbocycles. The summed E-state index contributed by atoms with van der Waals surface area (Å²) in [6.07, 6.45) is -2.84. The van der Waals surface area contributed by atoms with E-state index in [9.17, 15) is 21.6 Å². The second-order valence-electron chi connectivity index (χ2n) is 6.40. The van der Waals surface area contributed by atoms with Crippen LogP contribution in [0.1, 0.15) is 22.3 Å². The van der Waals surface area contributed by atoms with Crippen molar-refractivity contribution in [3.8, 4) is 11.8 Å². The zero-order chi connectivity index (χ0) is 21.9. The van der Waals surface area contributed by atoms with Crippen LogP contribution >= 0.6 is 0 Å². The summed E-state index contributed by atoms with van der Waals surface area (Å²) >= 11 is 0. The number of nitrogens with one attached hydrogen (secondary N) is 1. The number of alkyl halides is 3. The number of primary sulfonamides is 1. The highest BCUT2D eigenvalue weighted by Crippen LogP contribution is 2.29. The zero-order valence-corrected chi connectivity index (χ0v) is 16.6. The first-order chi connectivity index (χ1) is 14.0. The number of hydrogen-bond acceptors (Lipinski definition) is 4. The van der Waals surface area contributed by atoms with E-state index in [1.54, 1.807) is 17.8 Å². The number of aromatic nitrogens is 2. The number of anilines is 1. The normalized spacial score (nSPS) is 11.6. The van der Waals surface area contributed by atoms with Gasteiger partial charge < -0.3 is 5.32 Å². The predicted octanol–water partition coefficient (Wildman–Crippen LogP) is 3.10. The largest absolute Gasteiger partial charge is 0.416 e. The number of hydrogen-bond donors (Lipinski definition) is 2. The SMILES string of the molecule is Cn1ncc(C#Cc2cccc(S(N)(=O)=O)c2)c1NCc1ccc(C(F)(F)F)cc1. The molecule has 0 unspecified atom stereocenters. The number of nitrogens with two attached hydrogens (primary N) is 1. The van der Waals surface area contributed by atoms with Crippen molar-refractivity contribution in [3.63, 3.8) is 0 Å². The average molecular weight is 434 g/mol. The first-order valence-corrected chi connectivity index (χ1v) is 10.2. The zero-order valence-electron chi connectivity index (χ0n) is 15.7. The van der Waals surface area contributed by atoms with E-state index in [0.717, 1.165) is 12.1 Å². The van der Waals surface area contributed by atoms with Crippen LogP contribution in [0.25, 0.3) is 0 Å². The smallest absolute Gasteiger partial charge is 0.365 e. The highest BCUT2D eigenvalue weighted by Gasteiger charge is 2.29. The van der Waals surface area contributed by atoms with Crippen molar-refractivity contribution in [1.82, 2.24) is 9.78 Å². The molecule has 30 heavy (non-hydrogen) atoms. The Kier molecular flexibility index (Phi) is 5.87. The topological polar surface area (TPSA) is 90.0 Å². The molecule has 156 valence electrons. The van der Waals surface area contributed by atoms with Gasteiger partial charge in [-0.1, -0.05) is 30.0 Å². The fourth-order valence-corrected chi connectivity index (χ4v) is 3.19. The maximum atomic E-state index is 12.7. The molecule has 0 aliphatic carbocycles. The van der Waals surface area contributed by atoms with Crippen LogP contribution in [0.15, 0.2) is 59.6 Å². The van der Waals surface area contributed by atoms with E-state index < -0.39 is 21.8 Å². The number of sulfonamides is 1. The van der Waals surface area contributed by atoms with Crippen LogP contribution in [-0.2, 0) is 29.8 Å². The van der Waals surface area contributed by atoms with Crippen molar-refractivity contribution in [2.24, 2.45) is 12.2 Å². The number of nitrogens with zero attached hydrogens (tertiary/aromatic N) is 2. The maximum absolute atomic E-state index is 12.7. The summed E-state index contributed by atoms with van der Waals surface area (Å²) in [6.45, 7) is 0.271. The Morgan fingerprint density at radius 2 is 1.83 bits per heavy atom. The van der Waals surface area contributed by atoms with E-state index in [-0.39, 0.29) is 11.4 Å². The summed E-state index contributed by atoms with van der Waals surface area (Å²) in [7, 11) is -2.13. The van der Waals surface area contributed by atoms with E-state index in [1.807, 2.05) is 0 Å². The molecule has 0 fully saturated rings. The minimum absolute atomic E-state index is 0.0406. The van der Waals surface area contributed by atoms with Gasteiger partial charge in [-0.3, -0.25) is 4.68 Å². The molecule has 3 rings (SSSR count). The van der Waals surface area contributed by atoms with Gasteiger partial charge in [-0.2, -0.15) is 18.3 Å². The molecule has 6 nitrogen and oxygen atoms in total. The Bertz CT molecular complexity index is 1220. The molecular formula is C20H17F3N4O2S. The molecule has 0 amide bonds. The molecular weight excluding hydrogens is 417 g/mol. The highest BCUT2D eigenvalue weighted by molar-refractivity contribution is 7.89. The molecule has 3 aromatic rings.